The van der Waals surface area contributed by atoms with Crippen molar-refractivity contribution in [1.82, 2.24) is 0 Å². The Morgan fingerprint density at radius 2 is 1.31 bits per heavy atom. The maximum atomic E-state index is 7.83. The predicted molar refractivity (Wildman–Crippen MR) is 137 cm³/mol. The van der Waals surface area contributed by atoms with E-state index in [1.807, 2.05) is 0 Å². The number of rotatable bonds is 6. The monoisotopic (exact) mass is 558 g/mol. The van der Waals surface area contributed by atoms with Crippen molar-refractivity contribution in [2.24, 2.45) is 23.7 Å². The Bertz CT molecular complexity index is 951. The summed E-state index contributed by atoms with van der Waals surface area (Å²) in [4.78, 5) is 2.25. The van der Waals surface area contributed by atoms with E-state index in [9.17, 15) is 0 Å². The second-order valence-corrected chi connectivity index (χ2v) is 21.0. The summed E-state index contributed by atoms with van der Waals surface area (Å²) < 4.78 is 1.52. The summed E-state index contributed by atoms with van der Waals surface area (Å²) in [6, 6.07) is 18.1. The molecule has 0 aliphatic heterocycles. The van der Waals surface area contributed by atoms with E-state index < -0.39 is 15.2 Å². The predicted octanol–water partition coefficient (Wildman–Crippen LogP) is 7.59. The molecule has 3 unspecified atom stereocenters. The number of anilines is 1. The van der Waals surface area contributed by atoms with E-state index in [2.05, 4.69) is 67.5 Å². The van der Waals surface area contributed by atoms with Crippen LogP contribution in [0.25, 0.3) is 11.1 Å². The van der Waals surface area contributed by atoms with Crippen LogP contribution >= 0.6 is 15.6 Å². The van der Waals surface area contributed by atoms with Crippen LogP contribution in [0.2, 0.25) is 0 Å². The van der Waals surface area contributed by atoms with Gasteiger partial charge in [0.2, 0.25) is 0 Å². The van der Waals surface area contributed by atoms with E-state index in [4.69, 9.17) is 9.53 Å². The first-order chi connectivity index (χ1) is 15.6. The molecule has 4 fully saturated rings. The third kappa shape index (κ3) is 3.83. The standard InChI is InChI=1S/C14H14N.C14H22P.ClH.Pd/c1-15(2)14-11-7-6-10-13(14)12-8-4-3-5-9-12;1-3-11-5-9(1)7-13(11)15-14-8-10-2-4-12(14)6-10;;/h3-8,10-11H,1-2H3;9-14H,1-8H2;1H;/q;-1;;+2/p-1/t;9-,10+,11-,12-,13?,14?;;/m.1../s1. The molecule has 0 N–H and O–H groups in total. The fraction of sp³-hybridized carbons (Fsp3) is 0.571. The van der Waals surface area contributed by atoms with Gasteiger partial charge in [0.15, 0.2) is 0 Å². The van der Waals surface area contributed by atoms with Crippen molar-refractivity contribution >= 4 is 25.4 Å². The molecule has 0 amide bonds. The molecule has 0 aromatic heterocycles. The summed E-state index contributed by atoms with van der Waals surface area (Å²) in [5.41, 5.74) is 5.99. The van der Waals surface area contributed by atoms with Crippen LogP contribution in [0.3, 0.4) is 0 Å². The van der Waals surface area contributed by atoms with Gasteiger partial charge in [0.1, 0.15) is 0 Å². The SMILES string of the molecule is CN(C)c1ccccc1-c1cccc[c]1[Pd]([Cl])[P](C1C[C@H]2CC[C@@H]1C2)C1C[C@@H]2CC[C@@H]1C2. The van der Waals surface area contributed by atoms with Crippen LogP contribution in [-0.4, -0.2) is 25.4 Å². The van der Waals surface area contributed by atoms with E-state index in [1.54, 1.807) is 0 Å². The Morgan fingerprint density at radius 1 is 0.750 bits per heavy atom. The Balaban J connectivity index is 1.41. The minimum atomic E-state index is -1.30. The number of benzene rings is 2. The zero-order valence-corrected chi connectivity index (χ0v) is 22.5. The fourth-order valence-corrected chi connectivity index (χ4v) is 22.8. The first kappa shape index (κ1) is 22.1. The number of para-hydroxylation sites is 1. The summed E-state index contributed by atoms with van der Waals surface area (Å²) in [7, 11) is 12.1. The molecule has 4 heteroatoms. The van der Waals surface area contributed by atoms with Crippen molar-refractivity contribution in [2.75, 3.05) is 19.0 Å². The number of hydrogen-bond donors (Lipinski definition) is 0. The molecule has 4 aliphatic carbocycles. The molecular formula is C28H36ClNPPd. The van der Waals surface area contributed by atoms with Gasteiger partial charge in [0, 0.05) is 0 Å². The zero-order valence-electron chi connectivity index (χ0n) is 19.3. The quantitative estimate of drug-likeness (QED) is 0.261. The van der Waals surface area contributed by atoms with Gasteiger partial charge in [-0.1, -0.05) is 0 Å². The molecule has 2 aromatic rings. The molecule has 0 spiro atoms. The first-order valence-corrected chi connectivity index (χ1v) is 18.7. The van der Waals surface area contributed by atoms with Crippen LogP contribution in [0.4, 0.5) is 5.69 Å². The van der Waals surface area contributed by atoms with Crippen molar-refractivity contribution in [3.05, 3.63) is 48.5 Å². The third-order valence-corrected chi connectivity index (χ3v) is 22.0. The van der Waals surface area contributed by atoms with Crippen molar-refractivity contribution in [2.45, 2.75) is 62.7 Å². The molecule has 0 radical (unpaired) electrons. The van der Waals surface area contributed by atoms with Crippen LogP contribution < -0.4 is 8.94 Å². The Morgan fingerprint density at radius 3 is 1.84 bits per heavy atom. The normalized spacial score (nSPS) is 34.2. The summed E-state index contributed by atoms with van der Waals surface area (Å²) in [5.74, 6) is 4.03. The first-order valence-electron chi connectivity index (χ1n) is 12.5. The number of fused-ring (bicyclic) bond motifs is 4. The van der Waals surface area contributed by atoms with Gasteiger partial charge in [-0.25, -0.2) is 0 Å². The van der Waals surface area contributed by atoms with Gasteiger partial charge in [0.05, 0.1) is 0 Å². The summed E-state index contributed by atoms with van der Waals surface area (Å²) >= 11 is -1.30. The Hall–Kier alpha value is -0.378. The topological polar surface area (TPSA) is 3.24 Å². The summed E-state index contributed by atoms with van der Waals surface area (Å²) in [5, 5.41) is 0. The second kappa shape index (κ2) is 9.01. The molecule has 6 rings (SSSR count). The molecule has 4 bridgehead atoms. The van der Waals surface area contributed by atoms with Gasteiger partial charge < -0.3 is 0 Å². The van der Waals surface area contributed by atoms with Gasteiger partial charge in [-0.2, -0.15) is 0 Å². The average Bonchev–Trinajstić information content (AvgIpc) is 3.62. The molecule has 7 atom stereocenters. The fourth-order valence-electron chi connectivity index (χ4n) is 7.37. The van der Waals surface area contributed by atoms with Crippen LogP contribution in [-0.2, 0) is 15.2 Å². The molecule has 0 saturated heterocycles. The number of nitrogens with zero attached hydrogens (tertiary/aromatic N) is 1. The number of hydrogen-bond acceptors (Lipinski definition) is 1. The summed E-state index contributed by atoms with van der Waals surface area (Å²) in [6.07, 6.45) is 11.9. The van der Waals surface area contributed by atoms with E-state index in [0.29, 0.717) is 0 Å². The molecule has 1 nitrogen and oxygen atoms in total. The van der Waals surface area contributed by atoms with Crippen LogP contribution in [0, 0.1) is 23.7 Å². The van der Waals surface area contributed by atoms with Crippen LogP contribution in [0.1, 0.15) is 51.4 Å². The van der Waals surface area contributed by atoms with Gasteiger partial charge in [0.25, 0.3) is 0 Å². The van der Waals surface area contributed by atoms with E-state index in [0.717, 1.165) is 35.0 Å². The van der Waals surface area contributed by atoms with Crippen molar-refractivity contribution < 1.29 is 15.2 Å². The number of halogens is 1. The van der Waals surface area contributed by atoms with Crippen molar-refractivity contribution in [3.8, 4) is 11.1 Å². The second-order valence-electron chi connectivity index (χ2n) is 10.8. The average molecular weight is 559 g/mol. The van der Waals surface area contributed by atoms with E-state index in [1.165, 1.54) is 72.2 Å². The molecule has 2 aromatic carbocycles. The molecule has 4 saturated carbocycles. The molecule has 0 heterocycles. The van der Waals surface area contributed by atoms with Crippen molar-refractivity contribution in [3.63, 3.8) is 0 Å². The third-order valence-electron chi connectivity index (χ3n) is 8.80. The zero-order chi connectivity index (χ0) is 21.8. The van der Waals surface area contributed by atoms with Crippen molar-refractivity contribution in [1.29, 1.82) is 0 Å². The summed E-state index contributed by atoms with van der Waals surface area (Å²) in [6.45, 7) is 0. The minimum absolute atomic E-state index is 0.0929. The molecule has 175 valence electrons. The van der Waals surface area contributed by atoms with Crippen LogP contribution in [0.15, 0.2) is 48.5 Å². The molecular weight excluding hydrogens is 523 g/mol. The van der Waals surface area contributed by atoms with Gasteiger partial charge in [-0.15, -0.1) is 0 Å². The van der Waals surface area contributed by atoms with Crippen LogP contribution in [0.5, 0.6) is 0 Å². The Labute approximate surface area is 204 Å². The maximum absolute atomic E-state index is 7.83. The van der Waals surface area contributed by atoms with Gasteiger partial charge in [-0.05, 0) is 0 Å². The van der Waals surface area contributed by atoms with E-state index in [-0.39, 0.29) is 6.11 Å². The van der Waals surface area contributed by atoms with Gasteiger partial charge >= 0.3 is 206 Å². The van der Waals surface area contributed by atoms with Gasteiger partial charge in [-0.3, -0.25) is 0 Å². The molecule has 4 aliphatic rings. The molecule has 32 heavy (non-hydrogen) atoms. The Kier molecular flexibility index (Phi) is 6.22. The van der Waals surface area contributed by atoms with E-state index >= 15 is 0 Å².